The molecule has 1 heterocycles. The fraction of sp³-hybridized carbons (Fsp3) is 0.438. The number of hydrogen-bond donors (Lipinski definition) is 1. The number of ether oxygens (including phenoxy) is 1. The minimum absolute atomic E-state index is 0. The van der Waals surface area contributed by atoms with Gasteiger partial charge in [-0.05, 0) is 38.2 Å². The second-order valence-electron chi connectivity index (χ2n) is 4.88. The molecule has 2 rings (SSSR count). The lowest BCUT2D eigenvalue weighted by Gasteiger charge is -2.17. The zero-order valence-corrected chi connectivity index (χ0v) is 13.8. The van der Waals surface area contributed by atoms with E-state index in [4.69, 9.17) is 9.15 Å². The van der Waals surface area contributed by atoms with Crippen LogP contribution < -0.4 is 12.4 Å². The molecule has 0 spiro atoms. The maximum Gasteiger partial charge on any atom is 0.342 e. The Morgan fingerprint density at radius 2 is 2.00 bits per heavy atom. The molecule has 0 unspecified atom stereocenters. The summed E-state index contributed by atoms with van der Waals surface area (Å²) in [6.07, 6.45) is 0. The average molecular weight is 327 g/mol. The van der Waals surface area contributed by atoms with E-state index in [1.807, 2.05) is 0 Å². The van der Waals surface area contributed by atoms with Crippen LogP contribution in [-0.4, -0.2) is 42.2 Å². The van der Waals surface area contributed by atoms with E-state index in [1.54, 1.807) is 13.0 Å². The summed E-state index contributed by atoms with van der Waals surface area (Å²) in [7, 11) is 0. The Hall–Kier alpha value is -1.72. The van der Waals surface area contributed by atoms with E-state index in [2.05, 4.69) is 18.7 Å². The molecule has 0 aliphatic heterocycles. The number of rotatable bonds is 6. The van der Waals surface area contributed by atoms with E-state index in [-0.39, 0.29) is 18.2 Å². The fourth-order valence-corrected chi connectivity index (χ4v) is 2.34. The van der Waals surface area contributed by atoms with Gasteiger partial charge in [0.1, 0.15) is 29.3 Å². The molecule has 1 N–H and O–H groups in total. The fourth-order valence-electron chi connectivity index (χ4n) is 2.34. The van der Waals surface area contributed by atoms with Gasteiger partial charge in [-0.2, -0.15) is 0 Å². The largest absolute Gasteiger partial charge is 1.00 e. The zero-order valence-electron chi connectivity index (χ0n) is 13.1. The van der Waals surface area contributed by atoms with Gasteiger partial charge in [0, 0.05) is 11.9 Å². The molecule has 5 nitrogen and oxygen atoms in total. The standard InChI is InChI=1S/C16H21NO4.ClH/c1-4-17(5-2)8-9-20-16(19)15-11(3)21-14-7-6-12(18)10-13(14)15;/h6-7,10,18H,4-5,8-9H2,1-3H3;1H/p-1. The molecule has 0 saturated carbocycles. The lowest BCUT2D eigenvalue weighted by molar-refractivity contribution is -0.0000257. The van der Waals surface area contributed by atoms with Crippen molar-refractivity contribution in [3.05, 3.63) is 29.5 Å². The molecular formula is C16H21ClNO4-. The van der Waals surface area contributed by atoms with Crippen LogP contribution in [0.4, 0.5) is 0 Å². The molecule has 0 aliphatic carbocycles. The van der Waals surface area contributed by atoms with Crippen LogP contribution in [0.5, 0.6) is 5.75 Å². The van der Waals surface area contributed by atoms with Gasteiger partial charge in [-0.1, -0.05) is 13.8 Å². The van der Waals surface area contributed by atoms with Crippen LogP contribution in [-0.2, 0) is 4.74 Å². The van der Waals surface area contributed by atoms with E-state index in [9.17, 15) is 9.90 Å². The number of fused-ring (bicyclic) bond motifs is 1. The van der Waals surface area contributed by atoms with Gasteiger partial charge in [0.2, 0.25) is 0 Å². The summed E-state index contributed by atoms with van der Waals surface area (Å²) in [4.78, 5) is 14.4. The number of nitrogens with zero attached hydrogens (tertiary/aromatic N) is 1. The first-order chi connectivity index (χ1) is 10.1. The first-order valence-corrected chi connectivity index (χ1v) is 7.18. The van der Waals surface area contributed by atoms with Gasteiger partial charge in [0.05, 0.1) is 0 Å². The number of benzene rings is 1. The summed E-state index contributed by atoms with van der Waals surface area (Å²) in [6.45, 7) is 8.76. The van der Waals surface area contributed by atoms with Gasteiger partial charge in [-0.15, -0.1) is 0 Å². The number of phenolic OH excluding ortho intramolecular Hbond substituents is 1. The van der Waals surface area contributed by atoms with Crippen LogP contribution >= 0.6 is 0 Å². The van der Waals surface area contributed by atoms with Crippen molar-refractivity contribution in [3.63, 3.8) is 0 Å². The summed E-state index contributed by atoms with van der Waals surface area (Å²) in [5.74, 6) is 0.188. The molecular weight excluding hydrogens is 306 g/mol. The number of carbonyl (C=O) groups is 1. The molecule has 22 heavy (non-hydrogen) atoms. The molecule has 1 aromatic heterocycles. The third-order valence-corrected chi connectivity index (χ3v) is 3.59. The molecule has 6 heteroatoms. The number of hydrogen-bond acceptors (Lipinski definition) is 5. The monoisotopic (exact) mass is 326 g/mol. The summed E-state index contributed by atoms with van der Waals surface area (Å²) in [5, 5.41) is 10.1. The number of phenols is 1. The molecule has 122 valence electrons. The highest BCUT2D eigenvalue weighted by molar-refractivity contribution is 6.04. The second kappa shape index (κ2) is 8.06. The average Bonchev–Trinajstić information content (AvgIpc) is 2.78. The topological polar surface area (TPSA) is 62.9 Å². The number of likely N-dealkylation sites (N-methyl/N-ethyl adjacent to an activating group) is 1. The number of carbonyl (C=O) groups excluding carboxylic acids is 1. The quantitative estimate of drug-likeness (QED) is 0.754. The summed E-state index contributed by atoms with van der Waals surface area (Å²) in [5.41, 5.74) is 0.960. The third kappa shape index (κ3) is 3.93. The molecule has 1 aromatic carbocycles. The molecule has 0 amide bonds. The number of aromatic hydroxyl groups is 1. The first-order valence-electron chi connectivity index (χ1n) is 7.18. The Bertz CT molecular complexity index is 634. The minimum Gasteiger partial charge on any atom is -1.00 e. The number of halogens is 1. The third-order valence-electron chi connectivity index (χ3n) is 3.59. The highest BCUT2D eigenvalue weighted by Gasteiger charge is 2.20. The number of esters is 1. The molecule has 0 atom stereocenters. The van der Waals surface area contributed by atoms with Crippen molar-refractivity contribution < 1.29 is 31.5 Å². The molecule has 2 aromatic rings. The number of furan rings is 1. The van der Waals surface area contributed by atoms with Gasteiger partial charge >= 0.3 is 5.97 Å². The van der Waals surface area contributed by atoms with Crippen LogP contribution in [0.1, 0.15) is 30.0 Å². The lowest BCUT2D eigenvalue weighted by Crippen LogP contribution is -3.00. The van der Waals surface area contributed by atoms with E-state index in [1.165, 1.54) is 12.1 Å². The highest BCUT2D eigenvalue weighted by Crippen LogP contribution is 2.29. The van der Waals surface area contributed by atoms with Crippen molar-refractivity contribution >= 4 is 16.9 Å². The Kier molecular flexibility index (Phi) is 6.71. The normalized spacial score (nSPS) is 10.7. The van der Waals surface area contributed by atoms with E-state index in [0.29, 0.717) is 35.4 Å². The van der Waals surface area contributed by atoms with Crippen molar-refractivity contribution in [3.8, 4) is 5.75 Å². The molecule has 0 radical (unpaired) electrons. The molecule has 0 bridgehead atoms. The highest BCUT2D eigenvalue weighted by atomic mass is 35.5. The van der Waals surface area contributed by atoms with E-state index >= 15 is 0 Å². The van der Waals surface area contributed by atoms with Gasteiger partial charge in [0.15, 0.2) is 0 Å². The number of aryl methyl sites for hydroxylation is 1. The van der Waals surface area contributed by atoms with Crippen LogP contribution in [0.3, 0.4) is 0 Å². The van der Waals surface area contributed by atoms with Crippen molar-refractivity contribution in [2.45, 2.75) is 20.8 Å². The van der Waals surface area contributed by atoms with Gasteiger partial charge in [-0.3, -0.25) is 0 Å². The summed E-state index contributed by atoms with van der Waals surface area (Å²) >= 11 is 0. The van der Waals surface area contributed by atoms with Crippen molar-refractivity contribution in [1.82, 2.24) is 4.90 Å². The molecule has 0 fully saturated rings. The van der Waals surface area contributed by atoms with E-state index < -0.39 is 5.97 Å². The van der Waals surface area contributed by atoms with Crippen LogP contribution in [0, 0.1) is 6.92 Å². The second-order valence-corrected chi connectivity index (χ2v) is 4.88. The lowest BCUT2D eigenvalue weighted by atomic mass is 10.1. The maximum absolute atomic E-state index is 12.2. The van der Waals surface area contributed by atoms with Gasteiger partial charge in [-0.25, -0.2) is 4.79 Å². The minimum atomic E-state index is -0.413. The van der Waals surface area contributed by atoms with E-state index in [0.717, 1.165) is 13.1 Å². The zero-order chi connectivity index (χ0) is 15.4. The van der Waals surface area contributed by atoms with Crippen molar-refractivity contribution in [2.24, 2.45) is 0 Å². The Morgan fingerprint density at radius 3 is 2.64 bits per heavy atom. The Balaban J connectivity index is 0.00000242. The SMILES string of the molecule is CCN(CC)CCOC(=O)c1c(C)oc2ccc(O)cc12.[Cl-]. The van der Waals surface area contributed by atoms with Gasteiger partial charge < -0.3 is 31.6 Å². The van der Waals surface area contributed by atoms with Gasteiger partial charge in [0.25, 0.3) is 0 Å². The van der Waals surface area contributed by atoms with Crippen LogP contribution in [0.25, 0.3) is 11.0 Å². The van der Waals surface area contributed by atoms with Crippen molar-refractivity contribution in [2.75, 3.05) is 26.2 Å². The summed E-state index contributed by atoms with van der Waals surface area (Å²) in [6, 6.07) is 4.69. The Labute approximate surface area is 136 Å². The molecule has 0 saturated heterocycles. The predicted octanol–water partition coefficient (Wildman–Crippen LogP) is -0.0506. The first kappa shape index (κ1) is 18.3. The van der Waals surface area contributed by atoms with Crippen molar-refractivity contribution in [1.29, 1.82) is 0 Å². The van der Waals surface area contributed by atoms with Crippen LogP contribution in [0.2, 0.25) is 0 Å². The Morgan fingerprint density at radius 1 is 1.32 bits per heavy atom. The maximum atomic E-state index is 12.2. The summed E-state index contributed by atoms with van der Waals surface area (Å²) < 4.78 is 10.8. The molecule has 0 aliphatic rings. The van der Waals surface area contributed by atoms with Crippen LogP contribution in [0.15, 0.2) is 22.6 Å². The smallest absolute Gasteiger partial charge is 0.342 e. The predicted molar refractivity (Wildman–Crippen MR) is 80.7 cm³/mol.